The molecule has 220 valence electrons. The predicted octanol–water partition coefficient (Wildman–Crippen LogP) is 5.68. The van der Waals surface area contributed by atoms with Gasteiger partial charge in [0.1, 0.15) is 23.0 Å². The maximum absolute atomic E-state index is 13.8. The minimum atomic E-state index is -0.780. The summed E-state index contributed by atoms with van der Waals surface area (Å²) in [5.74, 6) is 0.622. The summed E-state index contributed by atoms with van der Waals surface area (Å²) in [6.45, 7) is 7.61. The zero-order valence-electron chi connectivity index (χ0n) is 24.3. The second-order valence-corrected chi connectivity index (χ2v) is 11.8. The molecule has 0 radical (unpaired) electrons. The number of aromatic nitrogens is 2. The van der Waals surface area contributed by atoms with Crippen LogP contribution < -0.4 is 15.0 Å². The molecule has 5 rings (SSSR count). The monoisotopic (exact) mass is 589 g/mol. The topological polar surface area (TPSA) is 99.8 Å². The Morgan fingerprint density at radius 1 is 1.07 bits per heavy atom. The average molecular weight is 590 g/mol. The van der Waals surface area contributed by atoms with Gasteiger partial charge in [-0.25, -0.2) is 9.78 Å². The fourth-order valence-corrected chi connectivity index (χ4v) is 5.34. The van der Waals surface area contributed by atoms with E-state index in [4.69, 9.17) is 21.1 Å². The van der Waals surface area contributed by atoms with Crippen LogP contribution in [0.5, 0.6) is 5.75 Å². The predicted molar refractivity (Wildman–Crippen MR) is 165 cm³/mol. The summed E-state index contributed by atoms with van der Waals surface area (Å²) in [5, 5.41) is 4.44. The number of methoxy groups -OCH3 is 1. The highest BCUT2D eigenvalue weighted by Crippen LogP contribution is 2.38. The molecule has 1 saturated heterocycles. The van der Waals surface area contributed by atoms with Crippen LogP contribution in [0.4, 0.5) is 10.5 Å². The minimum absolute atomic E-state index is 0.148. The van der Waals surface area contributed by atoms with Crippen molar-refractivity contribution in [1.82, 2.24) is 20.2 Å². The number of halogens is 1. The van der Waals surface area contributed by atoms with Crippen LogP contribution in [0.2, 0.25) is 5.02 Å². The lowest BCUT2D eigenvalue weighted by atomic mass is 10.0. The molecular formula is C32H36ClN5O4. The van der Waals surface area contributed by atoms with Crippen molar-refractivity contribution in [3.8, 4) is 16.9 Å². The van der Waals surface area contributed by atoms with Gasteiger partial charge in [-0.05, 0) is 62.2 Å². The highest BCUT2D eigenvalue weighted by atomic mass is 35.5. The van der Waals surface area contributed by atoms with Gasteiger partial charge >= 0.3 is 6.09 Å². The lowest BCUT2D eigenvalue weighted by Crippen LogP contribution is -2.56. The van der Waals surface area contributed by atoms with Crippen molar-refractivity contribution in [3.05, 3.63) is 77.6 Å². The summed E-state index contributed by atoms with van der Waals surface area (Å²) in [5.41, 5.74) is 4.07. The van der Waals surface area contributed by atoms with Crippen LogP contribution in [0, 0.1) is 0 Å². The number of nitrogens with one attached hydrogen (secondary N) is 2. The van der Waals surface area contributed by atoms with Gasteiger partial charge in [-0.1, -0.05) is 35.9 Å². The number of fused-ring (bicyclic) bond motifs is 1. The molecule has 3 heterocycles. The number of aromatic amines is 1. The summed E-state index contributed by atoms with van der Waals surface area (Å²) in [7, 11) is 1.65. The first-order valence-corrected chi connectivity index (χ1v) is 14.4. The Morgan fingerprint density at radius 3 is 2.50 bits per heavy atom. The zero-order valence-corrected chi connectivity index (χ0v) is 25.1. The van der Waals surface area contributed by atoms with E-state index in [1.54, 1.807) is 40.0 Å². The molecule has 0 bridgehead atoms. The van der Waals surface area contributed by atoms with Gasteiger partial charge < -0.3 is 29.6 Å². The van der Waals surface area contributed by atoms with Gasteiger partial charge in [0.2, 0.25) is 5.91 Å². The summed E-state index contributed by atoms with van der Waals surface area (Å²) in [4.78, 5) is 38.5. The van der Waals surface area contributed by atoms with Gasteiger partial charge in [-0.2, -0.15) is 0 Å². The van der Waals surface area contributed by atoms with Crippen molar-refractivity contribution in [3.63, 3.8) is 0 Å². The first-order chi connectivity index (χ1) is 20.1. The van der Waals surface area contributed by atoms with Crippen LogP contribution in [-0.4, -0.2) is 71.8 Å². The molecule has 2 aromatic heterocycles. The van der Waals surface area contributed by atoms with Crippen LogP contribution >= 0.6 is 11.6 Å². The second-order valence-electron chi connectivity index (χ2n) is 11.3. The van der Waals surface area contributed by atoms with E-state index in [1.165, 1.54) is 0 Å². The van der Waals surface area contributed by atoms with Gasteiger partial charge in [0.05, 0.1) is 12.8 Å². The Labute approximate surface area is 250 Å². The Hall–Kier alpha value is -4.24. The van der Waals surface area contributed by atoms with Crippen molar-refractivity contribution < 1.29 is 19.1 Å². The third-order valence-electron chi connectivity index (χ3n) is 7.19. The van der Waals surface area contributed by atoms with E-state index in [-0.39, 0.29) is 5.91 Å². The molecule has 0 spiro atoms. The number of piperazine rings is 1. The fraction of sp³-hybridized carbons (Fsp3) is 0.344. The number of nitrogens with zero attached hydrogens (tertiary/aromatic N) is 3. The van der Waals surface area contributed by atoms with E-state index < -0.39 is 17.7 Å². The van der Waals surface area contributed by atoms with Crippen molar-refractivity contribution in [2.75, 3.05) is 38.2 Å². The Kier molecular flexibility index (Phi) is 8.59. The molecule has 4 aromatic rings. The number of hydrogen-bond donors (Lipinski definition) is 2. The van der Waals surface area contributed by atoms with E-state index in [2.05, 4.69) is 20.2 Å². The number of amides is 2. The summed E-state index contributed by atoms with van der Waals surface area (Å²) in [6.07, 6.45) is 3.47. The molecule has 2 amide bonds. The van der Waals surface area contributed by atoms with E-state index in [0.29, 0.717) is 37.6 Å². The van der Waals surface area contributed by atoms with Crippen molar-refractivity contribution in [1.29, 1.82) is 0 Å². The highest BCUT2D eigenvalue weighted by Gasteiger charge is 2.31. The maximum atomic E-state index is 13.8. The van der Waals surface area contributed by atoms with Crippen LogP contribution in [0.25, 0.3) is 22.2 Å². The molecule has 2 N–H and O–H groups in total. The number of pyridine rings is 1. The summed E-state index contributed by atoms with van der Waals surface area (Å²) in [6, 6.07) is 16.5. The minimum Gasteiger partial charge on any atom is -0.497 e. The number of carbonyl (C=O) groups is 2. The fourth-order valence-electron chi connectivity index (χ4n) is 5.21. The molecule has 1 unspecified atom stereocenters. The molecule has 1 aliphatic rings. The molecule has 1 aliphatic heterocycles. The first-order valence-electron chi connectivity index (χ1n) is 14.0. The lowest BCUT2D eigenvalue weighted by Gasteiger charge is -2.38. The summed E-state index contributed by atoms with van der Waals surface area (Å²) < 4.78 is 10.9. The number of H-pyrrole nitrogens is 1. The number of rotatable bonds is 7. The third kappa shape index (κ3) is 6.79. The van der Waals surface area contributed by atoms with Crippen LogP contribution in [0.3, 0.4) is 0 Å². The number of carbonyl (C=O) groups excluding carboxylic acids is 2. The molecule has 9 nitrogen and oxygen atoms in total. The molecule has 10 heteroatoms. The molecule has 1 fully saturated rings. The van der Waals surface area contributed by atoms with E-state index in [1.807, 2.05) is 59.8 Å². The second kappa shape index (κ2) is 12.3. The van der Waals surface area contributed by atoms with Crippen molar-refractivity contribution >= 4 is 40.3 Å². The van der Waals surface area contributed by atoms with Gasteiger partial charge in [-0.15, -0.1) is 0 Å². The van der Waals surface area contributed by atoms with Gasteiger partial charge in [0, 0.05) is 61.0 Å². The molecule has 0 saturated carbocycles. The van der Waals surface area contributed by atoms with E-state index in [9.17, 15) is 9.59 Å². The Balaban J connectivity index is 1.36. The smallest absolute Gasteiger partial charge is 0.408 e. The van der Waals surface area contributed by atoms with Crippen molar-refractivity contribution in [2.24, 2.45) is 0 Å². The standard InChI is InChI=1S/C32H36ClN5O4/c1-32(2,3)42-31(40)36-27(18-21-8-10-23(33)11-9-21)30(39)38-16-14-37(15-17-38)28-25-12-13-34-29(25)35-20-26(28)22-6-5-7-24(19-22)41-4/h5-13,19-20,27H,14-18H2,1-4H3,(H,34,35)(H,36,40). The molecule has 0 aliphatic carbocycles. The average Bonchev–Trinajstić information content (AvgIpc) is 3.45. The number of hydrogen-bond acceptors (Lipinski definition) is 6. The Bertz CT molecular complexity index is 1560. The largest absolute Gasteiger partial charge is 0.497 e. The van der Waals surface area contributed by atoms with Crippen LogP contribution in [-0.2, 0) is 16.0 Å². The third-order valence-corrected chi connectivity index (χ3v) is 7.44. The van der Waals surface area contributed by atoms with Crippen LogP contribution in [0.15, 0.2) is 67.0 Å². The number of alkyl carbamates (subject to hydrolysis) is 1. The van der Waals surface area contributed by atoms with Crippen molar-refractivity contribution in [2.45, 2.75) is 38.8 Å². The normalized spacial score (nSPS) is 14.5. The quantitative estimate of drug-likeness (QED) is 0.288. The summed E-state index contributed by atoms with van der Waals surface area (Å²) >= 11 is 6.07. The molecule has 42 heavy (non-hydrogen) atoms. The Morgan fingerprint density at radius 2 is 1.81 bits per heavy atom. The van der Waals surface area contributed by atoms with Gasteiger partial charge in [-0.3, -0.25) is 4.79 Å². The number of benzene rings is 2. The van der Waals surface area contributed by atoms with E-state index in [0.717, 1.165) is 39.2 Å². The number of anilines is 1. The number of ether oxygens (including phenoxy) is 2. The molecule has 1 atom stereocenters. The van der Waals surface area contributed by atoms with Gasteiger partial charge in [0.15, 0.2) is 0 Å². The zero-order chi connectivity index (χ0) is 29.9. The maximum Gasteiger partial charge on any atom is 0.408 e. The lowest BCUT2D eigenvalue weighted by molar-refractivity contribution is -0.133. The molecular weight excluding hydrogens is 554 g/mol. The van der Waals surface area contributed by atoms with Gasteiger partial charge in [0.25, 0.3) is 0 Å². The highest BCUT2D eigenvalue weighted by molar-refractivity contribution is 6.30. The first kappa shape index (κ1) is 29.3. The van der Waals surface area contributed by atoms with Crippen LogP contribution in [0.1, 0.15) is 26.3 Å². The van der Waals surface area contributed by atoms with E-state index >= 15 is 0 Å². The SMILES string of the molecule is COc1cccc(-c2cnc3[nH]ccc3c2N2CCN(C(=O)C(Cc3ccc(Cl)cc3)NC(=O)OC(C)(C)C)CC2)c1. The molecule has 2 aromatic carbocycles.